The molecular formula is C13H15N5O4S3. The molecule has 0 unspecified atom stereocenters. The van der Waals surface area contributed by atoms with Crippen LogP contribution in [-0.2, 0) is 14.3 Å². The van der Waals surface area contributed by atoms with Crippen molar-refractivity contribution in [1.82, 2.24) is 20.2 Å². The molecule has 0 spiro atoms. The zero-order valence-corrected chi connectivity index (χ0v) is 15.8. The first-order valence-corrected chi connectivity index (χ1v) is 9.87. The highest BCUT2D eigenvalue weighted by molar-refractivity contribution is 8.01. The van der Waals surface area contributed by atoms with Gasteiger partial charge >= 0.3 is 5.97 Å². The first-order chi connectivity index (χ1) is 12.0. The minimum absolute atomic E-state index is 0.0667. The van der Waals surface area contributed by atoms with Gasteiger partial charge < -0.3 is 9.72 Å². The van der Waals surface area contributed by atoms with Crippen molar-refractivity contribution in [3.63, 3.8) is 0 Å². The summed E-state index contributed by atoms with van der Waals surface area (Å²) in [6, 6.07) is 1.38. The van der Waals surface area contributed by atoms with E-state index >= 15 is 0 Å². The lowest BCUT2D eigenvalue weighted by Crippen LogP contribution is -2.15. The molecule has 25 heavy (non-hydrogen) atoms. The maximum absolute atomic E-state index is 11.9. The van der Waals surface area contributed by atoms with Crippen LogP contribution in [0.4, 0.5) is 5.13 Å². The van der Waals surface area contributed by atoms with Crippen LogP contribution in [0, 0.1) is 6.92 Å². The molecule has 0 aliphatic carbocycles. The number of carbonyl (C=O) groups is 2. The maximum atomic E-state index is 11.9. The van der Waals surface area contributed by atoms with Gasteiger partial charge in [-0.2, -0.15) is 0 Å². The summed E-state index contributed by atoms with van der Waals surface area (Å²) < 4.78 is 5.37. The van der Waals surface area contributed by atoms with Crippen LogP contribution in [0.5, 0.6) is 0 Å². The number of esters is 1. The molecule has 2 rings (SSSR count). The predicted molar refractivity (Wildman–Crippen MR) is 96.2 cm³/mol. The fourth-order valence-corrected chi connectivity index (χ4v) is 3.84. The lowest BCUT2D eigenvalue weighted by atomic mass is 10.5. The summed E-state index contributed by atoms with van der Waals surface area (Å²) in [5, 5.41) is 11.1. The number of amides is 1. The summed E-state index contributed by atoms with van der Waals surface area (Å²) in [6.45, 7) is 3.77. The van der Waals surface area contributed by atoms with Crippen molar-refractivity contribution in [2.75, 3.05) is 23.4 Å². The summed E-state index contributed by atoms with van der Waals surface area (Å²) >= 11 is 3.47. The first-order valence-electron chi connectivity index (χ1n) is 7.09. The Bertz CT molecular complexity index is 807. The normalized spacial score (nSPS) is 10.5. The van der Waals surface area contributed by atoms with Crippen molar-refractivity contribution in [1.29, 1.82) is 0 Å². The van der Waals surface area contributed by atoms with Gasteiger partial charge in [0.1, 0.15) is 0 Å². The van der Waals surface area contributed by atoms with Crippen LogP contribution in [0.15, 0.2) is 20.4 Å². The van der Waals surface area contributed by atoms with Crippen molar-refractivity contribution in [2.24, 2.45) is 0 Å². The second kappa shape index (κ2) is 9.53. The van der Waals surface area contributed by atoms with Gasteiger partial charge in [0.15, 0.2) is 9.50 Å². The van der Waals surface area contributed by atoms with Gasteiger partial charge in [-0.1, -0.05) is 34.9 Å². The van der Waals surface area contributed by atoms with E-state index in [0.29, 0.717) is 26.9 Å². The SMILES string of the molecule is CCOC(=O)CSc1nnc(NC(=O)CSc2nc(C)cc(=O)[nH]2)s1. The Morgan fingerprint density at radius 3 is 2.84 bits per heavy atom. The van der Waals surface area contributed by atoms with E-state index in [9.17, 15) is 14.4 Å². The molecule has 1 amide bonds. The number of hydrogen-bond acceptors (Lipinski definition) is 10. The van der Waals surface area contributed by atoms with E-state index in [4.69, 9.17) is 4.74 Å². The Labute approximate surface area is 155 Å². The van der Waals surface area contributed by atoms with Crippen LogP contribution in [-0.4, -0.2) is 50.2 Å². The van der Waals surface area contributed by atoms with Gasteiger partial charge in [0.05, 0.1) is 18.1 Å². The molecule has 0 atom stereocenters. The molecule has 0 radical (unpaired) electrons. The van der Waals surface area contributed by atoms with E-state index in [1.165, 1.54) is 29.2 Å². The molecule has 0 saturated heterocycles. The third-order valence-electron chi connectivity index (χ3n) is 2.46. The number of hydrogen-bond donors (Lipinski definition) is 2. The molecular weight excluding hydrogens is 386 g/mol. The molecule has 2 aromatic rings. The highest BCUT2D eigenvalue weighted by Crippen LogP contribution is 2.25. The number of aromatic amines is 1. The number of H-pyrrole nitrogens is 1. The van der Waals surface area contributed by atoms with Gasteiger partial charge in [-0.05, 0) is 13.8 Å². The first kappa shape index (κ1) is 19.4. The van der Waals surface area contributed by atoms with E-state index in [-0.39, 0.29) is 28.9 Å². The largest absolute Gasteiger partial charge is 0.465 e. The third-order valence-corrected chi connectivity index (χ3v) is 5.28. The molecule has 12 heteroatoms. The summed E-state index contributed by atoms with van der Waals surface area (Å²) in [7, 11) is 0. The standard InChI is InChI=1S/C13H15N5O4S3/c1-3-22-10(21)6-24-13-18-17-12(25-13)16-9(20)5-23-11-14-7(2)4-8(19)15-11/h4H,3,5-6H2,1-2H3,(H,14,15,19)(H,16,17,20). The molecule has 2 aromatic heterocycles. The van der Waals surface area contributed by atoms with Crippen LogP contribution in [0.25, 0.3) is 0 Å². The summed E-state index contributed by atoms with van der Waals surface area (Å²) in [5.41, 5.74) is 0.321. The quantitative estimate of drug-likeness (QED) is 0.291. The summed E-state index contributed by atoms with van der Waals surface area (Å²) in [5.74, 6) is -0.424. The van der Waals surface area contributed by atoms with E-state index in [1.54, 1.807) is 13.8 Å². The van der Waals surface area contributed by atoms with E-state index in [1.807, 2.05) is 0 Å². The van der Waals surface area contributed by atoms with Gasteiger partial charge in [-0.3, -0.25) is 19.7 Å². The van der Waals surface area contributed by atoms with Crippen molar-refractivity contribution in [3.05, 3.63) is 22.1 Å². The second-order valence-corrected chi connectivity index (χ2v) is 7.66. The summed E-state index contributed by atoms with van der Waals surface area (Å²) in [4.78, 5) is 41.2. The van der Waals surface area contributed by atoms with Crippen LogP contribution in [0.1, 0.15) is 12.6 Å². The molecule has 2 heterocycles. The Morgan fingerprint density at radius 2 is 2.12 bits per heavy atom. The Kier molecular flexibility index (Phi) is 7.40. The smallest absolute Gasteiger partial charge is 0.316 e. The number of thioether (sulfide) groups is 2. The van der Waals surface area contributed by atoms with Crippen LogP contribution in [0.3, 0.4) is 0 Å². The Balaban J connectivity index is 1.80. The fourth-order valence-electron chi connectivity index (χ4n) is 1.55. The number of anilines is 1. The Morgan fingerprint density at radius 1 is 1.32 bits per heavy atom. The van der Waals surface area contributed by atoms with Crippen molar-refractivity contribution < 1.29 is 14.3 Å². The van der Waals surface area contributed by atoms with Gasteiger partial charge in [0.25, 0.3) is 5.56 Å². The Hall–Kier alpha value is -1.92. The topological polar surface area (TPSA) is 127 Å². The molecule has 0 saturated carbocycles. The van der Waals surface area contributed by atoms with Gasteiger partial charge in [0, 0.05) is 11.8 Å². The minimum Gasteiger partial charge on any atom is -0.465 e. The van der Waals surface area contributed by atoms with Crippen LogP contribution < -0.4 is 10.9 Å². The molecule has 9 nitrogen and oxygen atoms in total. The van der Waals surface area contributed by atoms with E-state index in [0.717, 1.165) is 11.8 Å². The average molecular weight is 401 g/mol. The molecule has 134 valence electrons. The molecule has 0 aromatic carbocycles. The highest BCUT2D eigenvalue weighted by Gasteiger charge is 2.11. The number of ether oxygens (including phenoxy) is 1. The third kappa shape index (κ3) is 6.84. The monoisotopic (exact) mass is 401 g/mol. The molecule has 0 bridgehead atoms. The van der Waals surface area contributed by atoms with Crippen LogP contribution >= 0.6 is 34.9 Å². The maximum Gasteiger partial charge on any atom is 0.316 e. The average Bonchev–Trinajstić information content (AvgIpc) is 2.98. The summed E-state index contributed by atoms with van der Waals surface area (Å²) in [6.07, 6.45) is 0. The molecule has 0 aliphatic rings. The number of carbonyl (C=O) groups excluding carboxylic acids is 2. The van der Waals surface area contributed by atoms with Gasteiger partial charge in [-0.25, -0.2) is 4.98 Å². The van der Waals surface area contributed by atoms with Crippen molar-refractivity contribution in [2.45, 2.75) is 23.3 Å². The minimum atomic E-state index is -0.329. The van der Waals surface area contributed by atoms with Crippen LogP contribution in [0.2, 0.25) is 0 Å². The lowest BCUT2D eigenvalue weighted by Gasteiger charge is -2.01. The number of aryl methyl sites for hydroxylation is 1. The van der Waals surface area contributed by atoms with Crippen molar-refractivity contribution >= 4 is 51.9 Å². The number of rotatable bonds is 8. The predicted octanol–water partition coefficient (Wildman–Crippen LogP) is 1.32. The zero-order valence-electron chi connectivity index (χ0n) is 13.4. The number of aromatic nitrogens is 4. The van der Waals surface area contributed by atoms with E-state index in [2.05, 4.69) is 25.5 Å². The van der Waals surface area contributed by atoms with Crippen molar-refractivity contribution in [3.8, 4) is 0 Å². The number of nitrogens with one attached hydrogen (secondary N) is 2. The highest BCUT2D eigenvalue weighted by atomic mass is 32.2. The molecule has 2 N–H and O–H groups in total. The lowest BCUT2D eigenvalue weighted by molar-refractivity contribution is -0.139. The van der Waals surface area contributed by atoms with E-state index < -0.39 is 0 Å². The van der Waals surface area contributed by atoms with Gasteiger partial charge in [0.2, 0.25) is 11.0 Å². The molecule has 0 fully saturated rings. The van der Waals surface area contributed by atoms with Gasteiger partial charge in [-0.15, -0.1) is 10.2 Å². The fraction of sp³-hybridized carbons (Fsp3) is 0.385. The second-order valence-electron chi connectivity index (χ2n) is 4.50. The number of nitrogens with zero attached hydrogens (tertiary/aromatic N) is 3. The zero-order chi connectivity index (χ0) is 18.2. The molecule has 0 aliphatic heterocycles.